The molecule has 2 saturated heterocycles. The van der Waals surface area contributed by atoms with Crippen LogP contribution < -0.4 is 10.6 Å². The largest absolute Gasteiger partial charge is 0.379 e. The van der Waals surface area contributed by atoms with Gasteiger partial charge in [-0.05, 0) is 55.5 Å². The minimum atomic E-state index is -0.237. The lowest BCUT2D eigenvalue weighted by Crippen LogP contribution is -2.44. The number of morpholine rings is 1. The van der Waals surface area contributed by atoms with E-state index in [1.807, 2.05) is 12.1 Å². The molecular formula is C21H34Cl2FN3O2. The van der Waals surface area contributed by atoms with E-state index in [1.165, 1.54) is 12.1 Å². The van der Waals surface area contributed by atoms with Crippen LogP contribution in [0, 0.1) is 17.7 Å². The summed E-state index contributed by atoms with van der Waals surface area (Å²) < 4.78 is 18.8. The molecule has 0 aliphatic carbocycles. The van der Waals surface area contributed by atoms with Crippen LogP contribution in [0.1, 0.15) is 37.8 Å². The standard InChI is InChI=1S/C21H32FN3O2.2ClH/c1-16(17-6-8-23-9-7-17)14-21(26)24-15-20(25-10-12-27-13-11-25)18-2-4-19(22)5-3-18;;/h2-5,16-17,20,23H,6-15H2,1H3,(H,24,26);2*1H. The topological polar surface area (TPSA) is 53.6 Å². The van der Waals surface area contributed by atoms with E-state index in [0.29, 0.717) is 38.0 Å². The van der Waals surface area contributed by atoms with Gasteiger partial charge in [0.1, 0.15) is 5.82 Å². The highest BCUT2D eigenvalue weighted by Gasteiger charge is 2.25. The summed E-state index contributed by atoms with van der Waals surface area (Å²) in [7, 11) is 0. The maximum atomic E-state index is 13.3. The van der Waals surface area contributed by atoms with Gasteiger partial charge in [-0.3, -0.25) is 9.69 Å². The molecule has 29 heavy (non-hydrogen) atoms. The summed E-state index contributed by atoms with van der Waals surface area (Å²) in [6.07, 6.45) is 2.88. The van der Waals surface area contributed by atoms with E-state index in [0.717, 1.165) is 44.6 Å². The van der Waals surface area contributed by atoms with Gasteiger partial charge in [-0.25, -0.2) is 4.39 Å². The zero-order valence-corrected chi connectivity index (χ0v) is 18.7. The number of hydrogen-bond acceptors (Lipinski definition) is 4. The van der Waals surface area contributed by atoms with Crippen LogP contribution in [-0.2, 0) is 9.53 Å². The highest BCUT2D eigenvalue weighted by Crippen LogP contribution is 2.25. The second kappa shape index (κ2) is 13.4. The average Bonchev–Trinajstić information content (AvgIpc) is 2.71. The number of nitrogens with zero attached hydrogens (tertiary/aromatic N) is 1. The van der Waals surface area contributed by atoms with Crippen LogP contribution in [0.25, 0.3) is 0 Å². The molecule has 2 N–H and O–H groups in total. The van der Waals surface area contributed by atoms with Gasteiger partial charge in [-0.2, -0.15) is 0 Å². The zero-order valence-electron chi connectivity index (χ0n) is 17.1. The third-order valence-corrected chi connectivity index (χ3v) is 5.93. The number of piperidine rings is 1. The van der Waals surface area contributed by atoms with E-state index in [2.05, 4.69) is 22.5 Å². The second-order valence-corrected chi connectivity index (χ2v) is 7.79. The van der Waals surface area contributed by atoms with Gasteiger partial charge in [0.2, 0.25) is 5.91 Å². The number of nitrogens with one attached hydrogen (secondary N) is 2. The Balaban J connectivity index is 0.00000210. The minimum Gasteiger partial charge on any atom is -0.379 e. The maximum absolute atomic E-state index is 13.3. The molecule has 2 unspecified atom stereocenters. The predicted octanol–water partition coefficient (Wildman–Crippen LogP) is 3.18. The van der Waals surface area contributed by atoms with E-state index in [-0.39, 0.29) is 42.6 Å². The highest BCUT2D eigenvalue weighted by atomic mass is 35.5. The minimum absolute atomic E-state index is 0. The van der Waals surface area contributed by atoms with Gasteiger partial charge in [-0.1, -0.05) is 19.1 Å². The fourth-order valence-corrected chi connectivity index (χ4v) is 4.19. The normalized spacial score (nSPS) is 20.1. The van der Waals surface area contributed by atoms with Crippen molar-refractivity contribution in [2.75, 3.05) is 45.9 Å². The summed E-state index contributed by atoms with van der Waals surface area (Å²) in [6, 6.07) is 6.67. The Kier molecular flexibility index (Phi) is 12.1. The second-order valence-electron chi connectivity index (χ2n) is 7.79. The summed E-state index contributed by atoms with van der Waals surface area (Å²) in [5.74, 6) is 0.907. The van der Waals surface area contributed by atoms with Crippen molar-refractivity contribution in [3.63, 3.8) is 0 Å². The molecule has 2 heterocycles. The van der Waals surface area contributed by atoms with Gasteiger partial charge < -0.3 is 15.4 Å². The first-order chi connectivity index (χ1) is 13.1. The molecule has 166 valence electrons. The molecule has 1 aromatic carbocycles. The fourth-order valence-electron chi connectivity index (χ4n) is 4.19. The van der Waals surface area contributed by atoms with Crippen molar-refractivity contribution in [1.29, 1.82) is 0 Å². The lowest BCUT2D eigenvalue weighted by Gasteiger charge is -2.35. The number of rotatable bonds is 7. The van der Waals surface area contributed by atoms with Crippen molar-refractivity contribution in [2.24, 2.45) is 11.8 Å². The Hall–Kier alpha value is -0.920. The van der Waals surface area contributed by atoms with Gasteiger partial charge in [0.25, 0.3) is 0 Å². The van der Waals surface area contributed by atoms with E-state index >= 15 is 0 Å². The summed E-state index contributed by atoms with van der Waals surface area (Å²) >= 11 is 0. The molecule has 2 aliphatic heterocycles. The van der Waals surface area contributed by atoms with Gasteiger partial charge in [0.15, 0.2) is 0 Å². The number of carbonyl (C=O) groups is 1. The average molecular weight is 450 g/mol. The first kappa shape index (κ1) is 26.1. The quantitative estimate of drug-likeness (QED) is 0.670. The molecule has 0 aromatic heterocycles. The Morgan fingerprint density at radius 3 is 2.45 bits per heavy atom. The lowest BCUT2D eigenvalue weighted by atomic mass is 9.84. The molecule has 2 atom stereocenters. The van der Waals surface area contributed by atoms with Crippen LogP contribution in [0.15, 0.2) is 24.3 Å². The molecule has 2 aliphatic rings. The van der Waals surface area contributed by atoms with E-state index in [9.17, 15) is 9.18 Å². The van der Waals surface area contributed by atoms with Crippen molar-refractivity contribution in [3.8, 4) is 0 Å². The number of carbonyl (C=O) groups excluding carboxylic acids is 1. The molecule has 1 aromatic rings. The highest BCUT2D eigenvalue weighted by molar-refractivity contribution is 5.85. The van der Waals surface area contributed by atoms with Gasteiger partial charge in [0, 0.05) is 26.1 Å². The summed E-state index contributed by atoms with van der Waals surface area (Å²) in [6.45, 7) is 7.88. The molecule has 1 amide bonds. The number of ether oxygens (including phenoxy) is 1. The Morgan fingerprint density at radius 1 is 1.21 bits per heavy atom. The van der Waals surface area contributed by atoms with Crippen molar-refractivity contribution in [3.05, 3.63) is 35.6 Å². The molecular weight excluding hydrogens is 416 g/mol. The van der Waals surface area contributed by atoms with Crippen LogP contribution in [0.2, 0.25) is 0 Å². The maximum Gasteiger partial charge on any atom is 0.220 e. The predicted molar refractivity (Wildman–Crippen MR) is 118 cm³/mol. The molecule has 8 heteroatoms. The number of benzene rings is 1. The molecule has 0 radical (unpaired) electrons. The SMILES string of the molecule is CC(CC(=O)NCC(c1ccc(F)cc1)N1CCOCC1)C1CCNCC1.Cl.Cl. The van der Waals surface area contributed by atoms with Gasteiger partial charge in [0.05, 0.1) is 19.3 Å². The van der Waals surface area contributed by atoms with Gasteiger partial charge in [-0.15, -0.1) is 24.8 Å². The molecule has 0 saturated carbocycles. The molecule has 2 fully saturated rings. The summed E-state index contributed by atoms with van der Waals surface area (Å²) in [5, 5.41) is 6.51. The van der Waals surface area contributed by atoms with Crippen molar-refractivity contribution >= 4 is 30.7 Å². The lowest BCUT2D eigenvalue weighted by molar-refractivity contribution is -0.122. The van der Waals surface area contributed by atoms with Crippen LogP contribution in [0.3, 0.4) is 0 Å². The monoisotopic (exact) mass is 449 g/mol. The van der Waals surface area contributed by atoms with Crippen LogP contribution in [0.5, 0.6) is 0 Å². The third kappa shape index (κ3) is 8.02. The summed E-state index contributed by atoms with van der Waals surface area (Å²) in [5.41, 5.74) is 1.03. The van der Waals surface area contributed by atoms with E-state index in [1.54, 1.807) is 0 Å². The van der Waals surface area contributed by atoms with E-state index in [4.69, 9.17) is 4.74 Å². The molecule has 3 rings (SSSR count). The third-order valence-electron chi connectivity index (χ3n) is 5.93. The number of amides is 1. The Morgan fingerprint density at radius 2 is 1.83 bits per heavy atom. The molecule has 0 bridgehead atoms. The van der Waals surface area contributed by atoms with Crippen LogP contribution in [-0.4, -0.2) is 56.7 Å². The zero-order chi connectivity index (χ0) is 19.1. The van der Waals surface area contributed by atoms with Crippen molar-refractivity contribution in [1.82, 2.24) is 15.5 Å². The number of hydrogen-bond donors (Lipinski definition) is 2. The first-order valence-corrected chi connectivity index (χ1v) is 10.2. The van der Waals surface area contributed by atoms with E-state index < -0.39 is 0 Å². The Labute approximate surface area is 186 Å². The number of halogens is 3. The molecule has 0 spiro atoms. The fraction of sp³-hybridized carbons (Fsp3) is 0.667. The Bertz CT molecular complexity index is 594. The van der Waals surface area contributed by atoms with Crippen molar-refractivity contribution in [2.45, 2.75) is 32.2 Å². The molecule has 5 nitrogen and oxygen atoms in total. The smallest absolute Gasteiger partial charge is 0.220 e. The van der Waals surface area contributed by atoms with Gasteiger partial charge >= 0.3 is 0 Å². The van der Waals surface area contributed by atoms with Crippen LogP contribution in [0.4, 0.5) is 4.39 Å². The van der Waals surface area contributed by atoms with Crippen LogP contribution >= 0.6 is 24.8 Å². The first-order valence-electron chi connectivity index (χ1n) is 10.2. The van der Waals surface area contributed by atoms with Crippen molar-refractivity contribution < 1.29 is 13.9 Å². The summed E-state index contributed by atoms with van der Waals surface area (Å²) in [4.78, 5) is 14.9.